The molecule has 1 fully saturated rings. The molecule has 1 aliphatic heterocycles. The Labute approximate surface area is 96.8 Å². The van der Waals surface area contributed by atoms with Crippen LogP contribution in [0.3, 0.4) is 0 Å². The molecule has 0 spiro atoms. The van der Waals surface area contributed by atoms with Crippen molar-refractivity contribution >= 4 is 0 Å². The third-order valence-electron chi connectivity index (χ3n) is 3.01. The Kier molecular flexibility index (Phi) is 3.66. The first-order valence-electron chi connectivity index (χ1n) is 5.57. The van der Waals surface area contributed by atoms with E-state index in [1.165, 1.54) is 0 Å². The first-order chi connectivity index (χ1) is 8.08. The smallest absolute Gasteiger partial charge is 0.263 e. The zero-order valence-corrected chi connectivity index (χ0v) is 9.15. The van der Waals surface area contributed by atoms with Crippen molar-refractivity contribution in [3.63, 3.8) is 0 Å². The molecule has 1 N–H and O–H groups in total. The number of hydrogen-bond donors (Lipinski definition) is 1. The van der Waals surface area contributed by atoms with Crippen molar-refractivity contribution in [2.24, 2.45) is 0 Å². The molecule has 2 rings (SSSR count). The van der Waals surface area contributed by atoms with E-state index in [0.29, 0.717) is 6.07 Å². The lowest BCUT2D eigenvalue weighted by atomic mass is 10.0. The topological polar surface area (TPSA) is 12.0 Å². The highest BCUT2D eigenvalue weighted by molar-refractivity contribution is 5.28. The zero-order valence-electron chi connectivity index (χ0n) is 9.15. The summed E-state index contributed by atoms with van der Waals surface area (Å²) < 4.78 is 51.5. The summed E-state index contributed by atoms with van der Waals surface area (Å²) in [7, 11) is 0. The van der Waals surface area contributed by atoms with Crippen LogP contribution in [0.5, 0.6) is 0 Å². The molecule has 0 aromatic heterocycles. The fraction of sp³-hybridized carbons (Fsp3) is 0.500. The summed E-state index contributed by atoms with van der Waals surface area (Å²) in [6.45, 7) is 0.837. The number of benzene rings is 1. The van der Waals surface area contributed by atoms with E-state index in [-0.39, 0.29) is 18.0 Å². The number of hydrogen-bond acceptors (Lipinski definition) is 1. The molecule has 1 unspecified atom stereocenters. The van der Waals surface area contributed by atoms with Crippen LogP contribution in [0.2, 0.25) is 0 Å². The maximum absolute atomic E-state index is 13.5. The van der Waals surface area contributed by atoms with Gasteiger partial charge in [-0.1, -0.05) is 0 Å². The molecule has 0 amide bonds. The highest BCUT2D eigenvalue weighted by Crippen LogP contribution is 2.25. The molecule has 1 aliphatic rings. The van der Waals surface area contributed by atoms with Crippen molar-refractivity contribution in [1.82, 2.24) is 5.32 Å². The summed E-state index contributed by atoms with van der Waals surface area (Å²) in [5.74, 6) is -2.21. The van der Waals surface area contributed by atoms with Gasteiger partial charge < -0.3 is 5.32 Å². The monoisotopic (exact) mass is 247 g/mol. The van der Waals surface area contributed by atoms with Crippen LogP contribution in [0.15, 0.2) is 12.1 Å². The molecule has 17 heavy (non-hydrogen) atoms. The van der Waals surface area contributed by atoms with Gasteiger partial charge in [0, 0.05) is 11.6 Å². The van der Waals surface area contributed by atoms with Crippen molar-refractivity contribution in [1.29, 1.82) is 0 Å². The first-order valence-corrected chi connectivity index (χ1v) is 5.57. The molecular weight excluding hydrogens is 234 g/mol. The van der Waals surface area contributed by atoms with E-state index in [1.54, 1.807) is 0 Å². The Morgan fingerprint density at radius 2 is 2.06 bits per heavy atom. The van der Waals surface area contributed by atoms with Gasteiger partial charge in [-0.25, -0.2) is 17.6 Å². The molecule has 0 aliphatic carbocycles. The minimum absolute atomic E-state index is 0.0275. The van der Waals surface area contributed by atoms with E-state index < -0.39 is 23.6 Å². The molecular formula is C12H13F4N. The van der Waals surface area contributed by atoms with Gasteiger partial charge in [-0.3, -0.25) is 0 Å². The average molecular weight is 247 g/mol. The van der Waals surface area contributed by atoms with E-state index >= 15 is 0 Å². The zero-order chi connectivity index (χ0) is 12.4. The largest absolute Gasteiger partial charge is 0.314 e. The molecule has 1 atom stereocenters. The molecule has 5 heteroatoms. The normalized spacial score (nSPS) is 20.2. The van der Waals surface area contributed by atoms with E-state index in [1.807, 2.05) is 0 Å². The van der Waals surface area contributed by atoms with E-state index in [4.69, 9.17) is 0 Å². The fourth-order valence-electron chi connectivity index (χ4n) is 2.14. The van der Waals surface area contributed by atoms with Crippen molar-refractivity contribution in [2.75, 3.05) is 6.54 Å². The van der Waals surface area contributed by atoms with Crippen LogP contribution < -0.4 is 5.32 Å². The molecule has 1 aromatic rings. The van der Waals surface area contributed by atoms with Gasteiger partial charge in [-0.2, -0.15) is 0 Å². The summed E-state index contributed by atoms with van der Waals surface area (Å²) in [5.41, 5.74) is -0.434. The predicted octanol–water partition coefficient (Wildman–Crippen LogP) is 3.20. The standard InChI is InChI=1S/C12H13F4N/c13-10-6-8(12(15)16)4-7(11(10)14)5-9-2-1-3-17-9/h4,6,9,12,17H,1-3,5H2. The lowest BCUT2D eigenvalue weighted by Gasteiger charge is -2.12. The van der Waals surface area contributed by atoms with Gasteiger partial charge in [-0.15, -0.1) is 0 Å². The summed E-state index contributed by atoms with van der Waals surface area (Å²) in [6.07, 6.45) is -0.688. The SMILES string of the molecule is Fc1cc(C(F)F)cc(CC2CCCN2)c1F. The lowest BCUT2D eigenvalue weighted by Crippen LogP contribution is -2.24. The average Bonchev–Trinajstić information content (AvgIpc) is 2.77. The first kappa shape index (κ1) is 12.4. The summed E-state index contributed by atoms with van der Waals surface area (Å²) in [5, 5.41) is 3.12. The lowest BCUT2D eigenvalue weighted by molar-refractivity contribution is 0.150. The van der Waals surface area contributed by atoms with Gasteiger partial charge in [0.1, 0.15) is 0 Å². The van der Waals surface area contributed by atoms with E-state index in [2.05, 4.69) is 5.32 Å². The molecule has 1 nitrogen and oxygen atoms in total. The Balaban J connectivity index is 2.24. The minimum atomic E-state index is -2.78. The molecule has 94 valence electrons. The minimum Gasteiger partial charge on any atom is -0.314 e. The van der Waals surface area contributed by atoms with Crippen LogP contribution in [0.25, 0.3) is 0 Å². The van der Waals surface area contributed by atoms with Crippen LogP contribution in [-0.2, 0) is 6.42 Å². The second-order valence-corrected chi connectivity index (χ2v) is 4.27. The Morgan fingerprint density at radius 3 is 2.65 bits per heavy atom. The Morgan fingerprint density at radius 1 is 1.29 bits per heavy atom. The van der Waals surface area contributed by atoms with E-state index in [0.717, 1.165) is 25.5 Å². The third-order valence-corrected chi connectivity index (χ3v) is 3.01. The molecule has 0 saturated carbocycles. The quantitative estimate of drug-likeness (QED) is 0.809. The Bertz CT molecular complexity index is 400. The van der Waals surface area contributed by atoms with Crippen LogP contribution in [0, 0.1) is 11.6 Å². The summed E-state index contributed by atoms with van der Waals surface area (Å²) >= 11 is 0. The van der Waals surface area contributed by atoms with Crippen LogP contribution >= 0.6 is 0 Å². The Hall–Kier alpha value is -1.10. The molecule has 1 heterocycles. The van der Waals surface area contributed by atoms with Gasteiger partial charge in [0.2, 0.25) is 0 Å². The van der Waals surface area contributed by atoms with Gasteiger partial charge in [0.25, 0.3) is 6.43 Å². The molecule has 0 bridgehead atoms. The molecule has 0 radical (unpaired) electrons. The summed E-state index contributed by atoms with van der Waals surface area (Å²) in [6, 6.07) is 1.67. The maximum atomic E-state index is 13.5. The molecule has 1 saturated heterocycles. The van der Waals surface area contributed by atoms with Crippen LogP contribution in [0.1, 0.15) is 30.4 Å². The second kappa shape index (κ2) is 5.04. The van der Waals surface area contributed by atoms with Crippen LogP contribution in [-0.4, -0.2) is 12.6 Å². The van der Waals surface area contributed by atoms with Gasteiger partial charge in [0.15, 0.2) is 11.6 Å². The van der Waals surface area contributed by atoms with E-state index in [9.17, 15) is 17.6 Å². The number of halogens is 4. The van der Waals surface area contributed by atoms with Crippen molar-refractivity contribution < 1.29 is 17.6 Å². The highest BCUT2D eigenvalue weighted by Gasteiger charge is 2.20. The van der Waals surface area contributed by atoms with Crippen molar-refractivity contribution in [2.45, 2.75) is 31.7 Å². The predicted molar refractivity (Wildman–Crippen MR) is 56.0 cm³/mol. The second-order valence-electron chi connectivity index (χ2n) is 4.27. The maximum Gasteiger partial charge on any atom is 0.263 e. The number of alkyl halides is 2. The fourth-order valence-corrected chi connectivity index (χ4v) is 2.14. The third kappa shape index (κ3) is 2.77. The van der Waals surface area contributed by atoms with Crippen molar-refractivity contribution in [3.05, 3.63) is 34.9 Å². The molecule has 1 aromatic carbocycles. The van der Waals surface area contributed by atoms with Gasteiger partial charge in [0.05, 0.1) is 0 Å². The van der Waals surface area contributed by atoms with Crippen molar-refractivity contribution in [3.8, 4) is 0 Å². The van der Waals surface area contributed by atoms with Crippen LogP contribution in [0.4, 0.5) is 17.6 Å². The van der Waals surface area contributed by atoms with Gasteiger partial charge >= 0.3 is 0 Å². The summed E-state index contributed by atoms with van der Waals surface area (Å²) in [4.78, 5) is 0. The number of nitrogens with one attached hydrogen (secondary N) is 1. The number of rotatable bonds is 3. The van der Waals surface area contributed by atoms with Gasteiger partial charge in [-0.05, 0) is 43.5 Å². The highest BCUT2D eigenvalue weighted by atomic mass is 19.3.